The molecule has 0 amide bonds. The van der Waals surface area contributed by atoms with Crippen LogP contribution in [-0.4, -0.2) is 12.4 Å². The summed E-state index contributed by atoms with van der Waals surface area (Å²) < 4.78 is 5.19. The molecule has 0 aliphatic carbocycles. The lowest BCUT2D eigenvalue weighted by Gasteiger charge is -2.02. The maximum absolute atomic E-state index is 5.19. The molecule has 0 radical (unpaired) electrons. The van der Waals surface area contributed by atoms with Crippen molar-refractivity contribution in [3.05, 3.63) is 42.0 Å². The van der Waals surface area contributed by atoms with Gasteiger partial charge in [0.1, 0.15) is 5.75 Å². The van der Waals surface area contributed by atoms with Crippen molar-refractivity contribution >= 4 is 15.9 Å². The highest BCUT2D eigenvalue weighted by Gasteiger charge is 1.94. The minimum Gasteiger partial charge on any atom is -0.497 e. The molecule has 1 rings (SSSR count). The van der Waals surface area contributed by atoms with Crippen molar-refractivity contribution in [2.24, 2.45) is 0 Å². The van der Waals surface area contributed by atoms with E-state index in [0.29, 0.717) is 0 Å². The van der Waals surface area contributed by atoms with E-state index in [2.05, 4.69) is 40.2 Å². The van der Waals surface area contributed by atoms with Crippen LogP contribution in [-0.2, 0) is 6.42 Å². The smallest absolute Gasteiger partial charge is 0.119 e. The molecule has 0 aliphatic rings. The van der Waals surface area contributed by atoms with Gasteiger partial charge in [-0.05, 0) is 43.4 Å². The number of hydrogen-bond donors (Lipinski definition) is 0. The SMILES string of the molecule is COc1cccc(CC/C=C/CCCBr)c1. The fourth-order valence-electron chi connectivity index (χ4n) is 1.51. The number of unbranched alkanes of at least 4 members (excludes halogenated alkanes) is 1. The molecule has 0 N–H and O–H groups in total. The standard InChI is InChI=1S/C14H19BrO/c1-16-14-10-7-9-13(12-14)8-5-3-2-4-6-11-15/h2-3,7,9-10,12H,4-6,8,11H2,1H3/b3-2+. The van der Waals surface area contributed by atoms with Crippen LogP contribution in [0.15, 0.2) is 36.4 Å². The molecule has 0 saturated carbocycles. The van der Waals surface area contributed by atoms with Crippen LogP contribution in [0.2, 0.25) is 0 Å². The van der Waals surface area contributed by atoms with Gasteiger partial charge in [0.05, 0.1) is 7.11 Å². The first-order valence-electron chi connectivity index (χ1n) is 5.70. The third-order valence-electron chi connectivity index (χ3n) is 2.40. The molecule has 0 saturated heterocycles. The average molecular weight is 283 g/mol. The molecule has 2 heteroatoms. The van der Waals surface area contributed by atoms with E-state index in [0.717, 1.165) is 23.9 Å². The minimum absolute atomic E-state index is 0.945. The summed E-state index contributed by atoms with van der Waals surface area (Å²) in [5, 5.41) is 1.09. The third kappa shape index (κ3) is 5.36. The summed E-state index contributed by atoms with van der Waals surface area (Å²) >= 11 is 3.42. The second-order valence-electron chi connectivity index (χ2n) is 3.69. The Morgan fingerprint density at radius 2 is 2.06 bits per heavy atom. The maximum atomic E-state index is 5.19. The molecule has 88 valence electrons. The van der Waals surface area contributed by atoms with Gasteiger partial charge in [0.2, 0.25) is 0 Å². The number of ether oxygens (including phenoxy) is 1. The summed E-state index contributed by atoms with van der Waals surface area (Å²) in [6.45, 7) is 0. The Labute approximate surface area is 107 Å². The summed E-state index contributed by atoms with van der Waals surface area (Å²) in [4.78, 5) is 0. The van der Waals surface area contributed by atoms with Crippen molar-refractivity contribution in [2.75, 3.05) is 12.4 Å². The van der Waals surface area contributed by atoms with Gasteiger partial charge in [0.25, 0.3) is 0 Å². The normalized spacial score (nSPS) is 10.9. The molecule has 0 bridgehead atoms. The van der Waals surface area contributed by atoms with E-state index in [-0.39, 0.29) is 0 Å². The third-order valence-corrected chi connectivity index (χ3v) is 2.97. The van der Waals surface area contributed by atoms with Crippen LogP contribution in [0.3, 0.4) is 0 Å². The first-order chi connectivity index (χ1) is 7.86. The lowest BCUT2D eigenvalue weighted by molar-refractivity contribution is 0.414. The fraction of sp³-hybridized carbons (Fsp3) is 0.429. The van der Waals surface area contributed by atoms with E-state index in [4.69, 9.17) is 4.74 Å². The van der Waals surface area contributed by atoms with Crippen LogP contribution in [0.4, 0.5) is 0 Å². The first kappa shape index (κ1) is 13.3. The van der Waals surface area contributed by atoms with Gasteiger partial charge in [-0.15, -0.1) is 0 Å². The van der Waals surface area contributed by atoms with Crippen LogP contribution < -0.4 is 4.74 Å². The van der Waals surface area contributed by atoms with Gasteiger partial charge in [-0.2, -0.15) is 0 Å². The van der Waals surface area contributed by atoms with Gasteiger partial charge in [-0.1, -0.05) is 40.2 Å². The largest absolute Gasteiger partial charge is 0.497 e. The van der Waals surface area contributed by atoms with Crippen LogP contribution in [0.1, 0.15) is 24.8 Å². The van der Waals surface area contributed by atoms with E-state index in [1.54, 1.807) is 7.11 Å². The van der Waals surface area contributed by atoms with Gasteiger partial charge < -0.3 is 4.74 Å². The van der Waals surface area contributed by atoms with Crippen LogP contribution in [0, 0.1) is 0 Å². The molecular formula is C14H19BrO. The van der Waals surface area contributed by atoms with E-state index < -0.39 is 0 Å². The molecule has 0 aromatic heterocycles. The molecule has 1 aromatic rings. The highest BCUT2D eigenvalue weighted by Crippen LogP contribution is 2.14. The Hall–Kier alpha value is -0.760. The Morgan fingerprint density at radius 1 is 1.25 bits per heavy atom. The Kier molecular flexibility index (Phi) is 6.98. The number of benzene rings is 1. The average Bonchev–Trinajstić information content (AvgIpc) is 2.34. The second kappa shape index (κ2) is 8.40. The Balaban J connectivity index is 2.28. The number of hydrogen-bond acceptors (Lipinski definition) is 1. The molecule has 0 unspecified atom stereocenters. The van der Waals surface area contributed by atoms with Crippen molar-refractivity contribution < 1.29 is 4.74 Å². The van der Waals surface area contributed by atoms with Crippen LogP contribution in [0.25, 0.3) is 0 Å². The van der Waals surface area contributed by atoms with Gasteiger partial charge in [0, 0.05) is 5.33 Å². The van der Waals surface area contributed by atoms with Gasteiger partial charge in [0.15, 0.2) is 0 Å². The van der Waals surface area contributed by atoms with Crippen molar-refractivity contribution in [2.45, 2.75) is 25.7 Å². The number of allylic oxidation sites excluding steroid dienone is 2. The van der Waals surface area contributed by atoms with Crippen molar-refractivity contribution in [3.8, 4) is 5.75 Å². The van der Waals surface area contributed by atoms with Crippen LogP contribution >= 0.6 is 15.9 Å². The van der Waals surface area contributed by atoms with Gasteiger partial charge in [-0.25, -0.2) is 0 Å². The van der Waals surface area contributed by atoms with E-state index in [1.165, 1.54) is 18.4 Å². The number of methoxy groups -OCH3 is 1. The molecule has 16 heavy (non-hydrogen) atoms. The van der Waals surface area contributed by atoms with E-state index >= 15 is 0 Å². The Morgan fingerprint density at radius 3 is 2.81 bits per heavy atom. The monoisotopic (exact) mass is 282 g/mol. The second-order valence-corrected chi connectivity index (χ2v) is 4.49. The molecule has 0 atom stereocenters. The molecular weight excluding hydrogens is 264 g/mol. The summed E-state index contributed by atoms with van der Waals surface area (Å²) in [6.07, 6.45) is 9.11. The number of alkyl halides is 1. The summed E-state index contributed by atoms with van der Waals surface area (Å²) in [5.41, 5.74) is 1.34. The number of aryl methyl sites for hydroxylation is 1. The van der Waals surface area contributed by atoms with Crippen molar-refractivity contribution in [3.63, 3.8) is 0 Å². The maximum Gasteiger partial charge on any atom is 0.119 e. The molecule has 0 heterocycles. The quantitative estimate of drug-likeness (QED) is 0.410. The van der Waals surface area contributed by atoms with Crippen molar-refractivity contribution in [1.82, 2.24) is 0 Å². The summed E-state index contributed by atoms with van der Waals surface area (Å²) in [5.74, 6) is 0.945. The highest BCUT2D eigenvalue weighted by atomic mass is 79.9. The summed E-state index contributed by atoms with van der Waals surface area (Å²) in [6, 6.07) is 8.28. The Bertz CT molecular complexity index is 320. The van der Waals surface area contributed by atoms with E-state index in [1.807, 2.05) is 12.1 Å². The lowest BCUT2D eigenvalue weighted by Crippen LogP contribution is -1.86. The minimum atomic E-state index is 0.945. The topological polar surface area (TPSA) is 9.23 Å². The number of rotatable bonds is 7. The first-order valence-corrected chi connectivity index (χ1v) is 6.83. The lowest BCUT2D eigenvalue weighted by atomic mass is 10.1. The zero-order valence-corrected chi connectivity index (χ0v) is 11.4. The predicted molar refractivity (Wildman–Crippen MR) is 73.5 cm³/mol. The van der Waals surface area contributed by atoms with E-state index in [9.17, 15) is 0 Å². The fourth-order valence-corrected chi connectivity index (χ4v) is 1.83. The van der Waals surface area contributed by atoms with Crippen molar-refractivity contribution in [1.29, 1.82) is 0 Å². The summed E-state index contributed by atoms with van der Waals surface area (Å²) in [7, 11) is 1.71. The highest BCUT2D eigenvalue weighted by molar-refractivity contribution is 9.09. The zero-order valence-electron chi connectivity index (χ0n) is 9.79. The zero-order chi connectivity index (χ0) is 11.6. The molecule has 0 spiro atoms. The number of halogens is 1. The molecule has 1 nitrogen and oxygen atoms in total. The predicted octanol–water partition coefficient (Wildman–Crippen LogP) is 4.36. The molecule has 1 aromatic carbocycles. The molecule has 0 aliphatic heterocycles. The van der Waals surface area contributed by atoms with Gasteiger partial charge in [-0.3, -0.25) is 0 Å². The van der Waals surface area contributed by atoms with Gasteiger partial charge >= 0.3 is 0 Å². The molecule has 0 fully saturated rings. The van der Waals surface area contributed by atoms with Crippen LogP contribution in [0.5, 0.6) is 5.75 Å².